The molecular formula is C10H8F2O. The average Bonchev–Trinajstić information content (AvgIpc) is 2.10. The molecular weight excluding hydrogens is 174 g/mol. The van der Waals surface area contributed by atoms with E-state index in [2.05, 4.69) is 6.58 Å². The molecule has 0 spiro atoms. The van der Waals surface area contributed by atoms with Crippen LogP contribution in [0.1, 0.15) is 15.9 Å². The molecule has 0 saturated carbocycles. The number of carbonyl (C=O) groups excluding carboxylic acids is 1. The molecule has 0 atom stereocenters. The van der Waals surface area contributed by atoms with Crippen LogP contribution in [-0.2, 0) is 0 Å². The molecule has 1 nitrogen and oxygen atoms in total. The Kier molecular flexibility index (Phi) is 2.56. The first-order valence-corrected chi connectivity index (χ1v) is 3.68. The molecule has 0 aliphatic heterocycles. The second-order valence-corrected chi connectivity index (χ2v) is 2.65. The minimum absolute atomic E-state index is 0.179. The summed E-state index contributed by atoms with van der Waals surface area (Å²) < 4.78 is 25.9. The maximum atomic E-state index is 13.0. The molecule has 0 radical (unpaired) electrons. The normalized spacial score (nSPS) is 9.77. The van der Waals surface area contributed by atoms with Crippen LogP contribution in [0.4, 0.5) is 8.78 Å². The van der Waals surface area contributed by atoms with Gasteiger partial charge in [0.2, 0.25) is 0 Å². The van der Waals surface area contributed by atoms with E-state index in [1.54, 1.807) is 0 Å². The second kappa shape index (κ2) is 3.47. The number of allylic oxidation sites excluding steroid dienone is 1. The van der Waals surface area contributed by atoms with Gasteiger partial charge in [-0.1, -0.05) is 6.58 Å². The standard InChI is InChI=1S/C10H8F2O/c1-3-10(13)7-5-8(11)6(2)4-9(7)12/h3-5H,1H2,2H3. The summed E-state index contributed by atoms with van der Waals surface area (Å²) in [4.78, 5) is 11.0. The van der Waals surface area contributed by atoms with E-state index in [1.807, 2.05) is 0 Å². The molecule has 0 fully saturated rings. The molecule has 0 amide bonds. The lowest BCUT2D eigenvalue weighted by atomic mass is 10.1. The molecule has 1 rings (SSSR count). The Morgan fingerprint density at radius 1 is 1.38 bits per heavy atom. The largest absolute Gasteiger partial charge is 0.289 e. The number of hydrogen-bond acceptors (Lipinski definition) is 1. The Morgan fingerprint density at radius 2 is 2.00 bits per heavy atom. The van der Waals surface area contributed by atoms with Gasteiger partial charge >= 0.3 is 0 Å². The van der Waals surface area contributed by atoms with Gasteiger partial charge in [-0.15, -0.1) is 0 Å². The summed E-state index contributed by atoms with van der Waals surface area (Å²) in [5.74, 6) is -1.92. The smallest absolute Gasteiger partial charge is 0.188 e. The number of aryl methyl sites for hydroxylation is 1. The van der Waals surface area contributed by atoms with Gasteiger partial charge in [0.15, 0.2) is 5.78 Å². The zero-order chi connectivity index (χ0) is 10.0. The van der Waals surface area contributed by atoms with Crippen molar-refractivity contribution in [3.63, 3.8) is 0 Å². The molecule has 1 aromatic carbocycles. The molecule has 0 saturated heterocycles. The number of carbonyl (C=O) groups is 1. The van der Waals surface area contributed by atoms with E-state index in [0.717, 1.165) is 18.2 Å². The Labute approximate surface area is 74.7 Å². The number of ketones is 1. The second-order valence-electron chi connectivity index (χ2n) is 2.65. The van der Waals surface area contributed by atoms with E-state index in [-0.39, 0.29) is 11.1 Å². The molecule has 3 heteroatoms. The van der Waals surface area contributed by atoms with E-state index < -0.39 is 17.4 Å². The first-order valence-electron chi connectivity index (χ1n) is 3.68. The fourth-order valence-corrected chi connectivity index (χ4v) is 0.945. The number of benzene rings is 1. The number of rotatable bonds is 2. The fourth-order valence-electron chi connectivity index (χ4n) is 0.945. The fraction of sp³-hybridized carbons (Fsp3) is 0.100. The van der Waals surface area contributed by atoms with Crippen LogP contribution in [0, 0.1) is 18.6 Å². The van der Waals surface area contributed by atoms with Crippen molar-refractivity contribution in [1.29, 1.82) is 0 Å². The van der Waals surface area contributed by atoms with Crippen LogP contribution in [-0.4, -0.2) is 5.78 Å². The summed E-state index contributed by atoms with van der Waals surface area (Å²) in [6, 6.07) is 1.88. The van der Waals surface area contributed by atoms with Gasteiger partial charge in [0.1, 0.15) is 11.6 Å². The Balaban J connectivity index is 3.31. The van der Waals surface area contributed by atoms with Crippen LogP contribution in [0.15, 0.2) is 24.8 Å². The highest BCUT2D eigenvalue weighted by Gasteiger charge is 2.11. The topological polar surface area (TPSA) is 17.1 Å². The van der Waals surface area contributed by atoms with Crippen LogP contribution in [0.5, 0.6) is 0 Å². The quantitative estimate of drug-likeness (QED) is 0.507. The minimum Gasteiger partial charge on any atom is -0.289 e. The molecule has 0 unspecified atom stereocenters. The van der Waals surface area contributed by atoms with Gasteiger partial charge in [0.25, 0.3) is 0 Å². The maximum absolute atomic E-state index is 13.0. The summed E-state index contributed by atoms with van der Waals surface area (Å²) in [6.45, 7) is 4.62. The van der Waals surface area contributed by atoms with E-state index in [1.165, 1.54) is 6.92 Å². The maximum Gasteiger partial charge on any atom is 0.188 e. The molecule has 0 aliphatic carbocycles. The van der Waals surface area contributed by atoms with Crippen molar-refractivity contribution in [2.24, 2.45) is 0 Å². The molecule has 1 aromatic rings. The van der Waals surface area contributed by atoms with Gasteiger partial charge in [0.05, 0.1) is 5.56 Å². The SMILES string of the molecule is C=CC(=O)c1cc(F)c(C)cc1F. The van der Waals surface area contributed by atoms with Crippen LogP contribution in [0.2, 0.25) is 0 Å². The lowest BCUT2D eigenvalue weighted by Gasteiger charge is -2.01. The summed E-state index contributed by atoms with van der Waals surface area (Å²) in [5.41, 5.74) is -0.101. The van der Waals surface area contributed by atoms with Gasteiger partial charge in [-0.3, -0.25) is 4.79 Å². The van der Waals surface area contributed by atoms with Crippen LogP contribution in [0.25, 0.3) is 0 Å². The molecule has 0 bridgehead atoms. The van der Waals surface area contributed by atoms with Gasteiger partial charge in [0, 0.05) is 0 Å². The number of hydrogen-bond donors (Lipinski definition) is 0. The monoisotopic (exact) mass is 182 g/mol. The summed E-state index contributed by atoms with van der Waals surface area (Å²) in [7, 11) is 0. The summed E-state index contributed by atoms with van der Waals surface area (Å²) >= 11 is 0. The Hall–Kier alpha value is -1.51. The molecule has 0 aliphatic rings. The van der Waals surface area contributed by atoms with Crippen molar-refractivity contribution in [1.82, 2.24) is 0 Å². The van der Waals surface area contributed by atoms with Crippen molar-refractivity contribution in [3.8, 4) is 0 Å². The van der Waals surface area contributed by atoms with Gasteiger partial charge in [-0.2, -0.15) is 0 Å². The van der Waals surface area contributed by atoms with E-state index >= 15 is 0 Å². The van der Waals surface area contributed by atoms with Gasteiger partial charge in [-0.25, -0.2) is 8.78 Å². The van der Waals surface area contributed by atoms with Crippen molar-refractivity contribution in [2.45, 2.75) is 6.92 Å². The number of halogens is 2. The van der Waals surface area contributed by atoms with Gasteiger partial charge < -0.3 is 0 Å². The third-order valence-electron chi connectivity index (χ3n) is 1.70. The van der Waals surface area contributed by atoms with Gasteiger partial charge in [-0.05, 0) is 30.7 Å². The van der Waals surface area contributed by atoms with E-state index in [0.29, 0.717) is 0 Å². The molecule has 0 heterocycles. The molecule has 0 aromatic heterocycles. The average molecular weight is 182 g/mol. The lowest BCUT2D eigenvalue weighted by Crippen LogP contribution is -2.00. The van der Waals surface area contributed by atoms with E-state index in [9.17, 15) is 13.6 Å². The zero-order valence-electron chi connectivity index (χ0n) is 7.10. The minimum atomic E-state index is -0.719. The summed E-state index contributed by atoms with van der Waals surface area (Å²) in [5, 5.41) is 0. The molecule has 0 N–H and O–H groups in total. The van der Waals surface area contributed by atoms with Crippen LogP contribution >= 0.6 is 0 Å². The highest BCUT2D eigenvalue weighted by atomic mass is 19.1. The summed E-state index contributed by atoms with van der Waals surface area (Å²) in [6.07, 6.45) is 0.952. The van der Waals surface area contributed by atoms with E-state index in [4.69, 9.17) is 0 Å². The van der Waals surface area contributed by atoms with Crippen molar-refractivity contribution >= 4 is 5.78 Å². The molecule has 68 valence electrons. The molecule has 13 heavy (non-hydrogen) atoms. The van der Waals surface area contributed by atoms with Crippen LogP contribution in [0.3, 0.4) is 0 Å². The Bertz CT molecular complexity index is 369. The highest BCUT2D eigenvalue weighted by Crippen LogP contribution is 2.14. The predicted octanol–water partition coefficient (Wildman–Crippen LogP) is 2.64. The lowest BCUT2D eigenvalue weighted by molar-refractivity contribution is 0.104. The first-order chi connectivity index (χ1) is 6.06. The van der Waals surface area contributed by atoms with Crippen molar-refractivity contribution in [2.75, 3.05) is 0 Å². The first kappa shape index (κ1) is 9.58. The highest BCUT2D eigenvalue weighted by molar-refractivity contribution is 6.04. The third-order valence-corrected chi connectivity index (χ3v) is 1.70. The zero-order valence-corrected chi connectivity index (χ0v) is 7.10. The Morgan fingerprint density at radius 3 is 2.54 bits per heavy atom. The van der Waals surface area contributed by atoms with Crippen molar-refractivity contribution in [3.05, 3.63) is 47.5 Å². The van der Waals surface area contributed by atoms with Crippen molar-refractivity contribution < 1.29 is 13.6 Å². The predicted molar refractivity (Wildman–Crippen MR) is 45.6 cm³/mol. The van der Waals surface area contributed by atoms with Crippen LogP contribution < -0.4 is 0 Å². The third kappa shape index (κ3) is 1.80.